The van der Waals surface area contributed by atoms with Crippen LogP contribution in [0.3, 0.4) is 0 Å². The molecule has 1 aliphatic rings. The molecule has 1 unspecified atom stereocenters. The average Bonchev–Trinajstić information content (AvgIpc) is 3.11. The molecule has 3 N–H and O–H groups in total. The van der Waals surface area contributed by atoms with Gasteiger partial charge in [0.2, 0.25) is 5.91 Å². The summed E-state index contributed by atoms with van der Waals surface area (Å²) in [6.45, 7) is 5.16. The first-order valence-corrected chi connectivity index (χ1v) is 11.0. The molecule has 0 heterocycles. The maximum Gasteiger partial charge on any atom is 0.407 e. The molecule has 1 aliphatic carbocycles. The van der Waals surface area contributed by atoms with Gasteiger partial charge in [0.15, 0.2) is 0 Å². The molecule has 0 radical (unpaired) electrons. The number of aliphatic carboxylic acids is 1. The Morgan fingerprint density at radius 2 is 1.59 bits per heavy atom. The second kappa shape index (κ2) is 9.85. The van der Waals surface area contributed by atoms with E-state index in [1.165, 1.54) is 6.92 Å². The predicted molar refractivity (Wildman–Crippen MR) is 121 cm³/mol. The fourth-order valence-corrected chi connectivity index (χ4v) is 3.99. The summed E-state index contributed by atoms with van der Waals surface area (Å²) in [4.78, 5) is 36.8. The summed E-state index contributed by atoms with van der Waals surface area (Å²) in [7, 11) is 0. The molecule has 0 aliphatic heterocycles. The summed E-state index contributed by atoms with van der Waals surface area (Å²) in [6, 6.07) is 15.2. The van der Waals surface area contributed by atoms with Crippen molar-refractivity contribution in [2.24, 2.45) is 0 Å². The van der Waals surface area contributed by atoms with E-state index in [4.69, 9.17) is 4.74 Å². The summed E-state index contributed by atoms with van der Waals surface area (Å²) >= 11 is 0. The van der Waals surface area contributed by atoms with Gasteiger partial charge in [-0.15, -0.1) is 0 Å². The van der Waals surface area contributed by atoms with Crippen molar-refractivity contribution in [3.05, 3.63) is 59.7 Å². The Labute approximate surface area is 188 Å². The monoisotopic (exact) mass is 438 g/mol. The maximum atomic E-state index is 12.7. The minimum Gasteiger partial charge on any atom is -0.480 e. The third-order valence-electron chi connectivity index (χ3n) is 6.11. The standard InChI is InChI=1S/C25H30N2O5/c1-4-10-21(22(28)27-25(3,5-2)23(29)30)26-24(31)32-15-20-18-13-8-6-11-16(18)17-12-7-9-14-19(17)20/h6-9,11-14,20-21H,4-5,10,15H2,1-3H3,(H,26,31)(H,27,28)(H,29,30)/t21-,25?/m0/s1. The Kier molecular flexibility index (Phi) is 7.18. The first-order chi connectivity index (χ1) is 15.3. The van der Waals surface area contributed by atoms with Crippen LogP contribution in [0.25, 0.3) is 11.1 Å². The summed E-state index contributed by atoms with van der Waals surface area (Å²) in [5.41, 5.74) is 3.07. The number of carbonyl (C=O) groups excluding carboxylic acids is 2. The number of ether oxygens (including phenoxy) is 1. The van der Waals surface area contributed by atoms with Crippen molar-refractivity contribution < 1.29 is 24.2 Å². The highest BCUT2D eigenvalue weighted by molar-refractivity contribution is 5.91. The molecule has 0 bridgehead atoms. The quantitative estimate of drug-likeness (QED) is 0.548. The lowest BCUT2D eigenvalue weighted by Gasteiger charge is -2.27. The van der Waals surface area contributed by atoms with Crippen LogP contribution in [0.15, 0.2) is 48.5 Å². The highest BCUT2D eigenvalue weighted by Gasteiger charge is 2.35. The number of carbonyl (C=O) groups is 3. The number of fused-ring (bicyclic) bond motifs is 3. The zero-order chi connectivity index (χ0) is 23.3. The Morgan fingerprint density at radius 3 is 2.09 bits per heavy atom. The lowest BCUT2D eigenvalue weighted by atomic mass is 9.98. The number of benzene rings is 2. The molecule has 0 aromatic heterocycles. The number of hydrogen-bond donors (Lipinski definition) is 3. The van der Waals surface area contributed by atoms with E-state index in [2.05, 4.69) is 22.8 Å². The van der Waals surface area contributed by atoms with Gasteiger partial charge in [0.25, 0.3) is 0 Å². The molecule has 0 saturated heterocycles. The largest absolute Gasteiger partial charge is 0.480 e. The van der Waals surface area contributed by atoms with Gasteiger partial charge in [-0.2, -0.15) is 0 Å². The first kappa shape index (κ1) is 23.3. The molecule has 32 heavy (non-hydrogen) atoms. The molecule has 3 rings (SSSR count). The van der Waals surface area contributed by atoms with E-state index in [0.717, 1.165) is 22.3 Å². The smallest absolute Gasteiger partial charge is 0.407 e. The van der Waals surface area contributed by atoms with Crippen molar-refractivity contribution in [2.75, 3.05) is 6.61 Å². The lowest BCUT2D eigenvalue weighted by Crippen LogP contribution is -2.57. The predicted octanol–water partition coefficient (Wildman–Crippen LogP) is 4.06. The first-order valence-electron chi connectivity index (χ1n) is 11.0. The molecule has 7 nitrogen and oxygen atoms in total. The van der Waals surface area contributed by atoms with E-state index in [1.807, 2.05) is 43.3 Å². The minimum atomic E-state index is -1.40. The molecule has 2 aromatic carbocycles. The molecule has 0 saturated carbocycles. The van der Waals surface area contributed by atoms with Crippen LogP contribution < -0.4 is 10.6 Å². The number of alkyl carbamates (subject to hydrolysis) is 1. The molecule has 170 valence electrons. The van der Waals surface area contributed by atoms with Gasteiger partial charge >= 0.3 is 12.1 Å². The van der Waals surface area contributed by atoms with Gasteiger partial charge in [0.05, 0.1) is 0 Å². The molecule has 2 aromatic rings. The molecule has 0 spiro atoms. The van der Waals surface area contributed by atoms with Crippen molar-refractivity contribution in [2.45, 2.75) is 57.5 Å². The van der Waals surface area contributed by atoms with Gasteiger partial charge in [-0.05, 0) is 42.0 Å². The number of amides is 2. The number of carboxylic acids is 1. The molecule has 0 fully saturated rings. The van der Waals surface area contributed by atoms with Gasteiger partial charge in [-0.25, -0.2) is 9.59 Å². The van der Waals surface area contributed by atoms with Crippen molar-refractivity contribution in [1.82, 2.24) is 10.6 Å². The maximum absolute atomic E-state index is 12.7. The number of nitrogens with one attached hydrogen (secondary N) is 2. The number of hydrogen-bond acceptors (Lipinski definition) is 4. The number of rotatable bonds is 9. The highest BCUT2D eigenvalue weighted by Crippen LogP contribution is 2.44. The van der Waals surface area contributed by atoms with E-state index < -0.39 is 29.6 Å². The fourth-order valence-electron chi connectivity index (χ4n) is 3.99. The molecular weight excluding hydrogens is 408 g/mol. The van der Waals surface area contributed by atoms with Crippen LogP contribution in [0.1, 0.15) is 57.1 Å². The van der Waals surface area contributed by atoms with Crippen LogP contribution in [0.4, 0.5) is 4.79 Å². The summed E-state index contributed by atoms with van der Waals surface area (Å²) in [5.74, 6) is -1.74. The Morgan fingerprint density at radius 1 is 1.03 bits per heavy atom. The van der Waals surface area contributed by atoms with Crippen molar-refractivity contribution in [3.63, 3.8) is 0 Å². The second-order valence-corrected chi connectivity index (χ2v) is 8.29. The lowest BCUT2D eigenvalue weighted by molar-refractivity contribution is -0.147. The summed E-state index contributed by atoms with van der Waals surface area (Å²) in [6.07, 6.45) is 0.527. The van der Waals surface area contributed by atoms with Crippen molar-refractivity contribution in [3.8, 4) is 11.1 Å². The fraction of sp³-hybridized carbons (Fsp3) is 0.400. The average molecular weight is 439 g/mol. The van der Waals surface area contributed by atoms with E-state index in [9.17, 15) is 19.5 Å². The van der Waals surface area contributed by atoms with Gasteiger partial charge in [0.1, 0.15) is 18.2 Å². The summed E-state index contributed by atoms with van der Waals surface area (Å²) in [5, 5.41) is 14.6. The number of carboxylic acid groups (broad SMARTS) is 1. The SMILES string of the molecule is CCC[C@H](NC(=O)OCC1c2ccccc2-c2ccccc21)C(=O)NC(C)(CC)C(=O)O. The van der Waals surface area contributed by atoms with Crippen molar-refractivity contribution >= 4 is 18.0 Å². The highest BCUT2D eigenvalue weighted by atomic mass is 16.5. The summed E-state index contributed by atoms with van der Waals surface area (Å²) < 4.78 is 5.52. The van der Waals surface area contributed by atoms with Gasteiger partial charge < -0.3 is 20.5 Å². The minimum absolute atomic E-state index is 0.0815. The van der Waals surface area contributed by atoms with Gasteiger partial charge in [0, 0.05) is 5.92 Å². The normalized spacial score (nSPS) is 15.1. The van der Waals surface area contributed by atoms with Crippen LogP contribution in [-0.4, -0.2) is 41.3 Å². The van der Waals surface area contributed by atoms with Crippen LogP contribution in [0.5, 0.6) is 0 Å². The third-order valence-corrected chi connectivity index (χ3v) is 6.11. The molecule has 7 heteroatoms. The Balaban J connectivity index is 1.66. The molecular formula is C25H30N2O5. The molecule has 2 amide bonds. The van der Waals surface area contributed by atoms with Crippen LogP contribution in [-0.2, 0) is 14.3 Å². The van der Waals surface area contributed by atoms with E-state index >= 15 is 0 Å². The topological polar surface area (TPSA) is 105 Å². The Hall–Kier alpha value is -3.35. The van der Waals surface area contributed by atoms with Crippen LogP contribution >= 0.6 is 0 Å². The van der Waals surface area contributed by atoms with Crippen LogP contribution in [0, 0.1) is 0 Å². The zero-order valence-corrected chi connectivity index (χ0v) is 18.7. The zero-order valence-electron chi connectivity index (χ0n) is 18.7. The third kappa shape index (κ3) is 4.77. The van der Waals surface area contributed by atoms with Gasteiger partial charge in [-0.3, -0.25) is 4.79 Å². The second-order valence-electron chi connectivity index (χ2n) is 8.29. The van der Waals surface area contributed by atoms with E-state index in [1.54, 1.807) is 6.92 Å². The van der Waals surface area contributed by atoms with Gasteiger partial charge in [-0.1, -0.05) is 68.8 Å². The van der Waals surface area contributed by atoms with Crippen LogP contribution in [0.2, 0.25) is 0 Å². The molecule has 2 atom stereocenters. The Bertz CT molecular complexity index is 960. The van der Waals surface area contributed by atoms with Crippen molar-refractivity contribution in [1.29, 1.82) is 0 Å². The van der Waals surface area contributed by atoms with E-state index in [-0.39, 0.29) is 18.9 Å². The van der Waals surface area contributed by atoms with E-state index in [0.29, 0.717) is 12.8 Å².